The fourth-order valence-corrected chi connectivity index (χ4v) is 3.95. The summed E-state index contributed by atoms with van der Waals surface area (Å²) >= 11 is 0. The summed E-state index contributed by atoms with van der Waals surface area (Å²) in [4.78, 5) is 0. The van der Waals surface area contributed by atoms with E-state index >= 15 is 0 Å². The molecule has 2 heteroatoms. The maximum atomic E-state index is 6.44. The summed E-state index contributed by atoms with van der Waals surface area (Å²) in [7, 11) is 0. The monoisotopic (exact) mass is 315 g/mol. The number of hydrogen-bond acceptors (Lipinski definition) is 2. The fourth-order valence-electron chi connectivity index (χ4n) is 3.95. The van der Waals surface area contributed by atoms with Gasteiger partial charge in [0, 0.05) is 18.0 Å². The summed E-state index contributed by atoms with van der Waals surface area (Å²) in [6.07, 6.45) is 8.53. The highest BCUT2D eigenvalue weighted by molar-refractivity contribution is 5.42. The predicted octanol–water partition coefficient (Wildman–Crippen LogP) is 5.41. The molecule has 0 aromatic heterocycles. The van der Waals surface area contributed by atoms with Gasteiger partial charge in [-0.1, -0.05) is 46.2 Å². The molecule has 1 spiro atoms. The van der Waals surface area contributed by atoms with E-state index in [0.29, 0.717) is 11.5 Å². The molecule has 1 heterocycles. The first kappa shape index (κ1) is 16.8. The summed E-state index contributed by atoms with van der Waals surface area (Å²) in [5, 5.41) is 3.81. The first-order valence-electron chi connectivity index (χ1n) is 9.46. The second-order valence-electron chi connectivity index (χ2n) is 8.81. The molecule has 1 aliphatic heterocycles. The van der Waals surface area contributed by atoms with E-state index in [2.05, 4.69) is 51.2 Å². The molecule has 0 amide bonds. The van der Waals surface area contributed by atoms with Crippen LogP contribution >= 0.6 is 0 Å². The molecule has 0 radical (unpaired) electrons. The lowest BCUT2D eigenvalue weighted by Crippen LogP contribution is -2.49. The van der Waals surface area contributed by atoms with Gasteiger partial charge in [0.05, 0.1) is 0 Å². The Morgan fingerprint density at radius 1 is 1.26 bits per heavy atom. The highest BCUT2D eigenvalue weighted by Gasteiger charge is 2.45. The average Bonchev–Trinajstić information content (AvgIpc) is 2.44. The van der Waals surface area contributed by atoms with Crippen LogP contribution in [0.2, 0.25) is 0 Å². The SMILES string of the molecule is CCCCNC1CC2(CCC2)Oc2ccc(CC(C)(C)C)cc21. The lowest BCUT2D eigenvalue weighted by Gasteiger charge is -2.48. The van der Waals surface area contributed by atoms with Crippen molar-refractivity contribution in [2.45, 2.75) is 84.3 Å². The molecule has 1 unspecified atom stereocenters. The molecular weight excluding hydrogens is 282 g/mol. The van der Waals surface area contributed by atoms with Gasteiger partial charge in [0.15, 0.2) is 0 Å². The van der Waals surface area contributed by atoms with Crippen molar-refractivity contribution in [2.24, 2.45) is 5.41 Å². The second-order valence-corrected chi connectivity index (χ2v) is 8.81. The topological polar surface area (TPSA) is 21.3 Å². The van der Waals surface area contributed by atoms with Crippen LogP contribution in [0, 0.1) is 5.41 Å². The minimum absolute atomic E-state index is 0.127. The first-order valence-corrected chi connectivity index (χ1v) is 9.46. The number of fused-ring (bicyclic) bond motifs is 1. The lowest BCUT2D eigenvalue weighted by molar-refractivity contribution is -0.0369. The van der Waals surface area contributed by atoms with E-state index in [1.807, 2.05) is 0 Å². The molecule has 1 N–H and O–H groups in total. The van der Waals surface area contributed by atoms with E-state index in [-0.39, 0.29) is 5.60 Å². The van der Waals surface area contributed by atoms with Crippen LogP contribution in [0.5, 0.6) is 5.75 Å². The number of unbranched alkanes of at least 4 members (excludes halogenated alkanes) is 1. The number of hydrogen-bond donors (Lipinski definition) is 1. The molecule has 1 aromatic carbocycles. The highest BCUT2D eigenvalue weighted by atomic mass is 16.5. The van der Waals surface area contributed by atoms with Crippen LogP contribution in [0.1, 0.15) is 83.4 Å². The molecule has 1 aliphatic carbocycles. The van der Waals surface area contributed by atoms with Crippen LogP contribution in [0.25, 0.3) is 0 Å². The number of ether oxygens (including phenoxy) is 1. The van der Waals surface area contributed by atoms with E-state index in [1.165, 1.54) is 43.2 Å². The third-order valence-electron chi connectivity index (χ3n) is 5.27. The molecule has 128 valence electrons. The Hall–Kier alpha value is -1.02. The van der Waals surface area contributed by atoms with Gasteiger partial charge >= 0.3 is 0 Å². The molecule has 2 aliphatic rings. The van der Waals surface area contributed by atoms with Crippen LogP contribution < -0.4 is 10.1 Å². The van der Waals surface area contributed by atoms with Crippen molar-refractivity contribution in [1.29, 1.82) is 0 Å². The molecule has 0 saturated heterocycles. The molecule has 1 fully saturated rings. The summed E-state index contributed by atoms with van der Waals surface area (Å²) in [6.45, 7) is 10.3. The third kappa shape index (κ3) is 3.91. The summed E-state index contributed by atoms with van der Waals surface area (Å²) in [6, 6.07) is 7.36. The second kappa shape index (κ2) is 6.47. The quantitative estimate of drug-likeness (QED) is 0.733. The van der Waals surface area contributed by atoms with Crippen molar-refractivity contribution in [1.82, 2.24) is 5.32 Å². The zero-order valence-corrected chi connectivity index (χ0v) is 15.4. The Labute approximate surface area is 142 Å². The maximum Gasteiger partial charge on any atom is 0.124 e. The molecule has 3 rings (SSSR count). The molecule has 2 nitrogen and oxygen atoms in total. The van der Waals surface area contributed by atoms with Gasteiger partial charge in [-0.2, -0.15) is 0 Å². The van der Waals surface area contributed by atoms with Gasteiger partial charge in [-0.25, -0.2) is 0 Å². The van der Waals surface area contributed by atoms with Crippen molar-refractivity contribution >= 4 is 0 Å². The normalized spacial score (nSPS) is 22.3. The van der Waals surface area contributed by atoms with Crippen LogP contribution in [-0.2, 0) is 6.42 Å². The Kier molecular flexibility index (Phi) is 4.73. The van der Waals surface area contributed by atoms with Crippen molar-refractivity contribution < 1.29 is 4.74 Å². The van der Waals surface area contributed by atoms with Gasteiger partial charge in [-0.05, 0) is 55.7 Å². The van der Waals surface area contributed by atoms with Crippen molar-refractivity contribution in [3.05, 3.63) is 29.3 Å². The summed E-state index contributed by atoms with van der Waals surface area (Å²) in [5.74, 6) is 1.13. The molecule has 1 saturated carbocycles. The van der Waals surface area contributed by atoms with E-state index in [9.17, 15) is 0 Å². The van der Waals surface area contributed by atoms with Crippen molar-refractivity contribution in [3.63, 3.8) is 0 Å². The maximum absolute atomic E-state index is 6.44. The van der Waals surface area contributed by atoms with Gasteiger partial charge in [-0.15, -0.1) is 0 Å². The average molecular weight is 316 g/mol. The minimum Gasteiger partial charge on any atom is -0.487 e. The fraction of sp³-hybridized carbons (Fsp3) is 0.714. The zero-order valence-electron chi connectivity index (χ0n) is 15.4. The Balaban J connectivity index is 1.83. The van der Waals surface area contributed by atoms with E-state index in [1.54, 1.807) is 0 Å². The van der Waals surface area contributed by atoms with Gasteiger partial charge in [0.25, 0.3) is 0 Å². The standard InChI is InChI=1S/C21H33NO/c1-5-6-12-22-18-15-21(10-7-11-21)23-19-9-8-16(13-17(18)19)14-20(2,3)4/h8-9,13,18,22H,5-7,10-12,14-15H2,1-4H3. The molecule has 1 aromatic rings. The van der Waals surface area contributed by atoms with E-state index in [0.717, 1.165) is 25.1 Å². The zero-order chi connectivity index (χ0) is 16.5. The van der Waals surface area contributed by atoms with E-state index in [4.69, 9.17) is 4.74 Å². The number of nitrogens with one attached hydrogen (secondary N) is 1. The summed E-state index contributed by atoms with van der Waals surface area (Å²) < 4.78 is 6.44. The van der Waals surface area contributed by atoms with Crippen molar-refractivity contribution in [2.75, 3.05) is 6.54 Å². The Bertz CT molecular complexity index is 539. The molecular formula is C21H33NO. The van der Waals surface area contributed by atoms with Crippen LogP contribution in [0.4, 0.5) is 0 Å². The number of benzene rings is 1. The van der Waals surface area contributed by atoms with Gasteiger partial charge in [-0.3, -0.25) is 0 Å². The minimum atomic E-state index is 0.127. The lowest BCUT2D eigenvalue weighted by atomic mass is 9.72. The number of rotatable bonds is 5. The third-order valence-corrected chi connectivity index (χ3v) is 5.27. The molecule has 1 atom stereocenters. The van der Waals surface area contributed by atoms with Crippen LogP contribution in [0.3, 0.4) is 0 Å². The van der Waals surface area contributed by atoms with Crippen molar-refractivity contribution in [3.8, 4) is 5.75 Å². The summed E-state index contributed by atoms with van der Waals surface area (Å²) in [5.41, 5.74) is 3.28. The Morgan fingerprint density at radius 2 is 2.04 bits per heavy atom. The predicted molar refractivity (Wildman–Crippen MR) is 97.1 cm³/mol. The molecule has 23 heavy (non-hydrogen) atoms. The van der Waals surface area contributed by atoms with Gasteiger partial charge < -0.3 is 10.1 Å². The van der Waals surface area contributed by atoms with E-state index < -0.39 is 0 Å². The van der Waals surface area contributed by atoms with Crippen LogP contribution in [-0.4, -0.2) is 12.1 Å². The highest BCUT2D eigenvalue weighted by Crippen LogP contribution is 2.49. The Morgan fingerprint density at radius 3 is 2.65 bits per heavy atom. The molecule has 0 bridgehead atoms. The first-order chi connectivity index (χ1) is 10.9. The largest absolute Gasteiger partial charge is 0.487 e. The van der Waals surface area contributed by atoms with Gasteiger partial charge in [0.1, 0.15) is 11.4 Å². The van der Waals surface area contributed by atoms with Gasteiger partial charge in [0.2, 0.25) is 0 Å². The van der Waals surface area contributed by atoms with Crippen LogP contribution in [0.15, 0.2) is 18.2 Å². The smallest absolute Gasteiger partial charge is 0.124 e.